The molecule has 9 heteroatoms. The lowest BCUT2D eigenvalue weighted by Gasteiger charge is -2.31. The minimum absolute atomic E-state index is 0.125. The molecule has 1 atom stereocenters. The molecule has 0 saturated carbocycles. The molecule has 3 aromatic heterocycles. The Balaban J connectivity index is 1.25. The van der Waals surface area contributed by atoms with Crippen molar-refractivity contribution in [1.82, 2.24) is 24.6 Å². The second-order valence-corrected chi connectivity index (χ2v) is 9.96. The second kappa shape index (κ2) is 8.93. The SMILES string of the molecule is O=C1NCc2c(-c3cnc4cc(F)ccn34)ccc(Nc3ccc(C4CCOC4)c(CN4CCC4)n3)c21. The number of halogens is 1. The highest BCUT2D eigenvalue weighted by atomic mass is 19.1. The zero-order chi connectivity index (χ0) is 24.9. The van der Waals surface area contributed by atoms with Gasteiger partial charge >= 0.3 is 0 Å². The van der Waals surface area contributed by atoms with E-state index < -0.39 is 0 Å². The van der Waals surface area contributed by atoms with Crippen LogP contribution in [0.1, 0.15) is 45.9 Å². The monoisotopic (exact) mass is 498 g/mol. The van der Waals surface area contributed by atoms with Crippen LogP contribution >= 0.6 is 0 Å². The van der Waals surface area contributed by atoms with Crippen LogP contribution in [-0.2, 0) is 17.8 Å². The van der Waals surface area contributed by atoms with Gasteiger partial charge in [0.1, 0.15) is 17.3 Å². The van der Waals surface area contributed by atoms with Crippen molar-refractivity contribution in [3.63, 3.8) is 0 Å². The molecule has 8 nitrogen and oxygen atoms in total. The van der Waals surface area contributed by atoms with E-state index in [1.807, 2.05) is 22.6 Å². The number of hydrogen-bond donors (Lipinski definition) is 2. The molecule has 7 rings (SSSR count). The van der Waals surface area contributed by atoms with Crippen molar-refractivity contribution in [2.24, 2.45) is 0 Å². The van der Waals surface area contributed by atoms with Gasteiger partial charge in [-0.15, -0.1) is 0 Å². The van der Waals surface area contributed by atoms with Crippen LogP contribution in [0, 0.1) is 5.82 Å². The number of nitrogens with zero attached hydrogens (tertiary/aromatic N) is 4. The molecule has 3 aliphatic rings. The Kier molecular flexibility index (Phi) is 5.40. The molecular formula is C28H27FN6O2. The van der Waals surface area contributed by atoms with Gasteiger partial charge in [-0.1, -0.05) is 12.1 Å². The average molecular weight is 499 g/mol. The van der Waals surface area contributed by atoms with Crippen molar-refractivity contribution >= 4 is 23.1 Å². The summed E-state index contributed by atoms with van der Waals surface area (Å²) in [6.07, 6.45) is 5.63. The minimum Gasteiger partial charge on any atom is -0.381 e. The quantitative estimate of drug-likeness (QED) is 0.414. The lowest BCUT2D eigenvalue weighted by atomic mass is 9.96. The van der Waals surface area contributed by atoms with Crippen molar-refractivity contribution in [1.29, 1.82) is 0 Å². The fourth-order valence-electron chi connectivity index (χ4n) is 5.60. The molecule has 2 fully saturated rings. The molecule has 3 aliphatic heterocycles. The molecule has 1 unspecified atom stereocenters. The summed E-state index contributed by atoms with van der Waals surface area (Å²) >= 11 is 0. The van der Waals surface area contributed by atoms with Gasteiger partial charge in [-0.25, -0.2) is 14.4 Å². The summed E-state index contributed by atoms with van der Waals surface area (Å²) in [5.74, 6) is 0.641. The highest BCUT2D eigenvalue weighted by Gasteiger charge is 2.28. The number of anilines is 2. The number of hydrogen-bond acceptors (Lipinski definition) is 6. The van der Waals surface area contributed by atoms with Gasteiger partial charge in [0, 0.05) is 43.4 Å². The zero-order valence-corrected chi connectivity index (χ0v) is 20.3. The zero-order valence-electron chi connectivity index (χ0n) is 20.3. The average Bonchev–Trinajstić information content (AvgIpc) is 3.63. The number of carbonyl (C=O) groups is 1. The van der Waals surface area contributed by atoms with Gasteiger partial charge in [0.15, 0.2) is 0 Å². The van der Waals surface area contributed by atoms with Crippen LogP contribution in [0.2, 0.25) is 0 Å². The summed E-state index contributed by atoms with van der Waals surface area (Å²) in [7, 11) is 0. The van der Waals surface area contributed by atoms with Gasteiger partial charge in [0.25, 0.3) is 5.91 Å². The lowest BCUT2D eigenvalue weighted by Crippen LogP contribution is -2.37. The van der Waals surface area contributed by atoms with Crippen molar-refractivity contribution in [3.8, 4) is 11.3 Å². The Morgan fingerprint density at radius 3 is 2.92 bits per heavy atom. The Hall–Kier alpha value is -3.82. The van der Waals surface area contributed by atoms with E-state index in [0.717, 1.165) is 67.6 Å². The lowest BCUT2D eigenvalue weighted by molar-refractivity contribution is 0.0966. The standard InChI is InChI=1S/C28H27FN6O2/c29-18-6-10-35-24(14-30-26(35)12-18)20-2-4-22(27-21(20)13-31-28(27)36)32-25-5-3-19(17-7-11-37-16-17)23(33-25)15-34-8-1-9-34/h2-6,10,12,14,17H,1,7-9,11,13,15-16H2,(H,31,36)(H,32,33). The first-order chi connectivity index (χ1) is 18.1. The molecule has 2 N–H and O–H groups in total. The summed E-state index contributed by atoms with van der Waals surface area (Å²) in [5, 5.41) is 6.39. The molecule has 6 heterocycles. The van der Waals surface area contributed by atoms with Crippen LogP contribution < -0.4 is 10.6 Å². The molecule has 0 aliphatic carbocycles. The van der Waals surface area contributed by atoms with E-state index in [1.165, 1.54) is 24.1 Å². The third-order valence-corrected chi connectivity index (χ3v) is 7.68. The molecule has 37 heavy (non-hydrogen) atoms. The predicted octanol–water partition coefficient (Wildman–Crippen LogP) is 4.23. The van der Waals surface area contributed by atoms with Crippen LogP contribution in [0.5, 0.6) is 0 Å². The van der Waals surface area contributed by atoms with Gasteiger partial charge in [-0.2, -0.15) is 0 Å². The predicted molar refractivity (Wildman–Crippen MR) is 137 cm³/mol. The molecular weight excluding hydrogens is 471 g/mol. The Bertz CT molecular complexity index is 1520. The van der Waals surface area contributed by atoms with Crippen molar-refractivity contribution in [2.75, 3.05) is 31.6 Å². The van der Waals surface area contributed by atoms with Crippen LogP contribution in [0.3, 0.4) is 0 Å². The van der Waals surface area contributed by atoms with Gasteiger partial charge < -0.3 is 15.4 Å². The highest BCUT2D eigenvalue weighted by Crippen LogP contribution is 2.36. The second-order valence-electron chi connectivity index (χ2n) is 9.96. The number of imidazole rings is 1. The molecule has 4 aromatic rings. The third-order valence-electron chi connectivity index (χ3n) is 7.68. The number of amides is 1. The van der Waals surface area contributed by atoms with E-state index in [9.17, 15) is 9.18 Å². The van der Waals surface area contributed by atoms with E-state index in [4.69, 9.17) is 9.72 Å². The van der Waals surface area contributed by atoms with E-state index >= 15 is 0 Å². The molecule has 0 bridgehead atoms. The third kappa shape index (κ3) is 3.95. The molecule has 2 saturated heterocycles. The van der Waals surface area contributed by atoms with Gasteiger partial charge in [0.2, 0.25) is 0 Å². The van der Waals surface area contributed by atoms with E-state index in [1.54, 1.807) is 12.4 Å². The summed E-state index contributed by atoms with van der Waals surface area (Å²) in [6, 6.07) is 10.9. The Morgan fingerprint density at radius 1 is 1.19 bits per heavy atom. The number of ether oxygens (including phenoxy) is 1. The summed E-state index contributed by atoms with van der Waals surface area (Å²) in [6.45, 7) is 4.99. The number of nitrogens with one attached hydrogen (secondary N) is 2. The maximum atomic E-state index is 13.7. The largest absolute Gasteiger partial charge is 0.381 e. The minimum atomic E-state index is -0.335. The maximum absolute atomic E-state index is 13.7. The van der Waals surface area contributed by atoms with Crippen LogP contribution in [-0.4, -0.2) is 51.5 Å². The smallest absolute Gasteiger partial charge is 0.254 e. The van der Waals surface area contributed by atoms with Crippen LogP contribution in [0.25, 0.3) is 16.9 Å². The van der Waals surface area contributed by atoms with E-state index in [-0.39, 0.29) is 11.7 Å². The Morgan fingerprint density at radius 2 is 2.11 bits per heavy atom. The maximum Gasteiger partial charge on any atom is 0.254 e. The number of benzene rings is 1. The number of likely N-dealkylation sites (tertiary alicyclic amines) is 1. The van der Waals surface area contributed by atoms with E-state index in [2.05, 4.69) is 26.6 Å². The van der Waals surface area contributed by atoms with Gasteiger partial charge in [-0.3, -0.25) is 14.1 Å². The normalized spacial score (nSPS) is 19.2. The molecule has 1 amide bonds. The first-order valence-electron chi connectivity index (χ1n) is 12.8. The Labute approximate surface area is 213 Å². The molecule has 0 spiro atoms. The van der Waals surface area contributed by atoms with Crippen molar-refractivity contribution < 1.29 is 13.9 Å². The first-order valence-corrected chi connectivity index (χ1v) is 12.8. The molecule has 0 radical (unpaired) electrons. The summed E-state index contributed by atoms with van der Waals surface area (Å²) in [4.78, 5) is 24.7. The highest BCUT2D eigenvalue weighted by molar-refractivity contribution is 6.06. The van der Waals surface area contributed by atoms with Crippen molar-refractivity contribution in [2.45, 2.75) is 31.8 Å². The first kappa shape index (κ1) is 22.4. The number of aromatic nitrogens is 3. The number of rotatable bonds is 6. The summed E-state index contributed by atoms with van der Waals surface area (Å²) in [5.41, 5.74) is 6.78. The number of pyridine rings is 2. The topological polar surface area (TPSA) is 83.8 Å². The van der Waals surface area contributed by atoms with Crippen LogP contribution in [0.15, 0.2) is 48.8 Å². The van der Waals surface area contributed by atoms with Gasteiger partial charge in [-0.05, 0) is 55.3 Å². The van der Waals surface area contributed by atoms with Crippen molar-refractivity contribution in [3.05, 3.63) is 77.0 Å². The number of fused-ring (bicyclic) bond motifs is 2. The van der Waals surface area contributed by atoms with E-state index in [0.29, 0.717) is 29.4 Å². The van der Waals surface area contributed by atoms with Crippen LogP contribution in [0.4, 0.5) is 15.9 Å². The summed E-state index contributed by atoms with van der Waals surface area (Å²) < 4.78 is 21.2. The van der Waals surface area contributed by atoms with Gasteiger partial charge in [0.05, 0.1) is 35.4 Å². The number of carbonyl (C=O) groups excluding carboxylic acids is 1. The molecule has 1 aromatic carbocycles. The fourth-order valence-corrected chi connectivity index (χ4v) is 5.60. The molecule has 188 valence electrons. The fraction of sp³-hybridized carbons (Fsp3) is 0.321.